The van der Waals surface area contributed by atoms with Crippen molar-refractivity contribution in [1.29, 1.82) is 0 Å². The van der Waals surface area contributed by atoms with Crippen LogP contribution in [0.1, 0.15) is 125 Å². The van der Waals surface area contributed by atoms with Gasteiger partial charge in [-0.25, -0.2) is 4.79 Å². The van der Waals surface area contributed by atoms with Crippen molar-refractivity contribution in [2.24, 2.45) is 10.8 Å². The van der Waals surface area contributed by atoms with Gasteiger partial charge in [-0.2, -0.15) is 0 Å². The van der Waals surface area contributed by atoms with Gasteiger partial charge in [0, 0.05) is 33.0 Å². The summed E-state index contributed by atoms with van der Waals surface area (Å²) in [6.45, 7) is 35.1. The molecule has 4 amide bonds. The summed E-state index contributed by atoms with van der Waals surface area (Å²) in [4.78, 5) is 34.0. The van der Waals surface area contributed by atoms with Gasteiger partial charge in [-0.05, 0) is 83.1 Å². The SMILES string of the molecule is CC(C)(C)NC(=O)C(C)(C)C.CC(C)(C)NC(=O)C(C)(C)C.CC(C)(C)NC(=O)NC(C)(C)C. The molecular weight excluding hydrogens is 428 g/mol. The summed E-state index contributed by atoms with van der Waals surface area (Å²) in [5.41, 5.74) is -1.15. The molecule has 0 spiro atoms. The average Bonchev–Trinajstić information content (AvgIpc) is 2.38. The third-order valence-electron chi connectivity index (χ3n) is 3.32. The van der Waals surface area contributed by atoms with Crippen molar-refractivity contribution in [3.05, 3.63) is 0 Å². The third-order valence-corrected chi connectivity index (χ3v) is 3.32. The van der Waals surface area contributed by atoms with E-state index in [0.717, 1.165) is 0 Å². The van der Waals surface area contributed by atoms with E-state index >= 15 is 0 Å². The average molecular weight is 487 g/mol. The van der Waals surface area contributed by atoms with Crippen LogP contribution in [0.25, 0.3) is 0 Å². The van der Waals surface area contributed by atoms with Crippen LogP contribution in [0.4, 0.5) is 4.79 Å². The first-order valence-corrected chi connectivity index (χ1v) is 12.1. The molecule has 7 nitrogen and oxygen atoms in total. The Morgan fingerprint density at radius 1 is 0.353 bits per heavy atom. The van der Waals surface area contributed by atoms with Crippen LogP contribution in [-0.4, -0.2) is 40.0 Å². The van der Waals surface area contributed by atoms with Crippen LogP contribution in [0.5, 0.6) is 0 Å². The monoisotopic (exact) mass is 486 g/mol. The van der Waals surface area contributed by atoms with Crippen molar-refractivity contribution in [3.63, 3.8) is 0 Å². The highest BCUT2D eigenvalue weighted by Crippen LogP contribution is 2.15. The van der Waals surface area contributed by atoms with Gasteiger partial charge in [-0.15, -0.1) is 0 Å². The second kappa shape index (κ2) is 12.8. The number of hydrogen-bond donors (Lipinski definition) is 4. The van der Waals surface area contributed by atoms with Crippen molar-refractivity contribution < 1.29 is 14.4 Å². The smallest absolute Gasteiger partial charge is 0.315 e. The lowest BCUT2D eigenvalue weighted by molar-refractivity contribution is -0.130. The van der Waals surface area contributed by atoms with Gasteiger partial charge >= 0.3 is 6.03 Å². The van der Waals surface area contributed by atoms with Crippen molar-refractivity contribution in [2.45, 2.75) is 147 Å². The number of amides is 4. The molecule has 0 atom stereocenters. The van der Waals surface area contributed by atoms with E-state index in [9.17, 15) is 14.4 Å². The highest BCUT2D eigenvalue weighted by atomic mass is 16.2. The summed E-state index contributed by atoms with van der Waals surface area (Å²) in [5.74, 6) is 0.204. The number of hydrogen-bond acceptors (Lipinski definition) is 3. The molecule has 7 heteroatoms. The quantitative estimate of drug-likeness (QED) is 0.349. The number of carbonyl (C=O) groups is 3. The van der Waals surface area contributed by atoms with Crippen molar-refractivity contribution in [1.82, 2.24) is 21.3 Å². The molecule has 0 fully saturated rings. The van der Waals surface area contributed by atoms with Gasteiger partial charge in [0.25, 0.3) is 0 Å². The van der Waals surface area contributed by atoms with Gasteiger partial charge in [0.2, 0.25) is 11.8 Å². The zero-order valence-electron chi connectivity index (χ0n) is 25.7. The molecule has 0 heterocycles. The lowest BCUT2D eigenvalue weighted by Gasteiger charge is -2.26. The Hall–Kier alpha value is -1.79. The molecule has 0 radical (unpaired) electrons. The van der Waals surface area contributed by atoms with Gasteiger partial charge in [-0.3, -0.25) is 9.59 Å². The minimum absolute atomic E-state index is 0.102. The Balaban J connectivity index is -0.000000425. The summed E-state index contributed by atoms with van der Waals surface area (Å²) in [6, 6.07) is -0.116. The molecule has 0 saturated heterocycles. The van der Waals surface area contributed by atoms with Gasteiger partial charge in [0.15, 0.2) is 0 Å². The predicted molar refractivity (Wildman–Crippen MR) is 146 cm³/mol. The van der Waals surface area contributed by atoms with Gasteiger partial charge in [0.05, 0.1) is 0 Å². The summed E-state index contributed by atoms with van der Waals surface area (Å²) in [7, 11) is 0. The van der Waals surface area contributed by atoms with Crippen LogP contribution in [0, 0.1) is 10.8 Å². The fourth-order valence-corrected chi connectivity index (χ4v) is 1.77. The maximum absolute atomic E-state index is 11.4. The number of urea groups is 1. The molecular formula is C27H58N4O3. The molecule has 0 unspecified atom stereocenters. The van der Waals surface area contributed by atoms with Crippen LogP contribution in [0.2, 0.25) is 0 Å². The Bertz CT molecular complexity index is 586. The Labute approximate surface area is 211 Å². The standard InChI is InChI=1S/C9H20N2O.2C9H19NO/c1-8(2,3)10-7(12)11-9(4,5)6;2*1-8(2,3)7(11)10-9(4,5)6/h1-6H3,(H2,10,11,12);2*1-6H3,(H,10,11). The van der Waals surface area contributed by atoms with E-state index in [1.165, 1.54) is 0 Å². The second-order valence-electron chi connectivity index (χ2n) is 15.0. The Morgan fingerprint density at radius 3 is 0.618 bits per heavy atom. The number of nitrogens with one attached hydrogen (secondary N) is 4. The largest absolute Gasteiger partial charge is 0.351 e. The normalized spacial score (nSPS) is 12.8. The van der Waals surface area contributed by atoms with E-state index in [1.807, 2.05) is 125 Å². The van der Waals surface area contributed by atoms with Crippen molar-refractivity contribution in [3.8, 4) is 0 Å². The molecule has 0 aromatic heterocycles. The second-order valence-corrected chi connectivity index (χ2v) is 15.0. The first-order chi connectivity index (χ1) is 14.4. The maximum atomic E-state index is 11.4. The molecule has 0 saturated carbocycles. The highest BCUT2D eigenvalue weighted by molar-refractivity contribution is 5.82. The minimum atomic E-state index is -0.284. The summed E-state index contributed by atoms with van der Waals surface area (Å²) in [6.07, 6.45) is 0. The van der Waals surface area contributed by atoms with E-state index < -0.39 is 0 Å². The molecule has 0 aromatic rings. The van der Waals surface area contributed by atoms with Crippen LogP contribution < -0.4 is 21.3 Å². The van der Waals surface area contributed by atoms with E-state index in [2.05, 4.69) is 21.3 Å². The van der Waals surface area contributed by atoms with Crippen LogP contribution in [0.15, 0.2) is 0 Å². The number of rotatable bonds is 0. The van der Waals surface area contributed by atoms with E-state index in [0.29, 0.717) is 0 Å². The van der Waals surface area contributed by atoms with Gasteiger partial charge < -0.3 is 21.3 Å². The van der Waals surface area contributed by atoms with Crippen LogP contribution in [0.3, 0.4) is 0 Å². The lowest BCUT2D eigenvalue weighted by atomic mass is 9.94. The van der Waals surface area contributed by atoms with Crippen LogP contribution in [-0.2, 0) is 9.59 Å². The molecule has 0 aliphatic rings. The first kappa shape index (κ1) is 36.8. The highest BCUT2D eigenvalue weighted by Gasteiger charge is 2.25. The zero-order valence-corrected chi connectivity index (χ0v) is 25.7. The van der Waals surface area contributed by atoms with E-state index in [-0.39, 0.29) is 50.8 Å². The fourth-order valence-electron chi connectivity index (χ4n) is 1.77. The molecule has 0 aromatic carbocycles. The first-order valence-electron chi connectivity index (χ1n) is 12.1. The van der Waals surface area contributed by atoms with Crippen molar-refractivity contribution >= 4 is 17.8 Å². The molecule has 204 valence electrons. The maximum Gasteiger partial charge on any atom is 0.315 e. The third kappa shape index (κ3) is 28.2. The van der Waals surface area contributed by atoms with Crippen molar-refractivity contribution in [2.75, 3.05) is 0 Å². The molecule has 34 heavy (non-hydrogen) atoms. The number of carbonyl (C=O) groups excluding carboxylic acids is 3. The topological polar surface area (TPSA) is 99.3 Å². The van der Waals surface area contributed by atoms with Gasteiger partial charge in [-0.1, -0.05) is 41.5 Å². The molecule has 4 N–H and O–H groups in total. The summed E-state index contributed by atoms with van der Waals surface area (Å²) >= 11 is 0. The summed E-state index contributed by atoms with van der Waals surface area (Å²) < 4.78 is 0. The lowest BCUT2D eigenvalue weighted by Crippen LogP contribution is -2.52. The minimum Gasteiger partial charge on any atom is -0.351 e. The fraction of sp³-hybridized carbons (Fsp3) is 0.889. The van der Waals surface area contributed by atoms with E-state index in [1.54, 1.807) is 0 Å². The molecule has 0 bridgehead atoms. The predicted octanol–water partition coefficient (Wildman–Crippen LogP) is 5.78. The summed E-state index contributed by atoms with van der Waals surface area (Å²) in [5, 5.41) is 11.5. The van der Waals surface area contributed by atoms with E-state index in [4.69, 9.17) is 0 Å². The molecule has 0 rings (SSSR count). The van der Waals surface area contributed by atoms with Gasteiger partial charge in [0.1, 0.15) is 0 Å². The zero-order chi connectivity index (χ0) is 28.6. The molecule has 0 aliphatic carbocycles. The van der Waals surface area contributed by atoms with Crippen LogP contribution >= 0.6 is 0 Å². The molecule has 0 aliphatic heterocycles. The Kier molecular flexibility index (Phi) is 13.8. The Morgan fingerprint density at radius 2 is 0.529 bits per heavy atom.